The van der Waals surface area contributed by atoms with Crippen molar-refractivity contribution in [1.29, 1.82) is 0 Å². The zero-order valence-electron chi connectivity index (χ0n) is 17.0. The number of nitrogens with one attached hydrogen (secondary N) is 1. The summed E-state index contributed by atoms with van der Waals surface area (Å²) in [5, 5.41) is 6.64. The van der Waals surface area contributed by atoms with Crippen molar-refractivity contribution in [2.45, 2.75) is 58.4 Å². The Balaban J connectivity index is 2.18. The van der Waals surface area contributed by atoms with Gasteiger partial charge in [0.2, 0.25) is 21.8 Å². The Morgan fingerprint density at radius 2 is 1.85 bits per heavy atom. The second-order valence-electron chi connectivity index (χ2n) is 8.69. The summed E-state index contributed by atoms with van der Waals surface area (Å²) in [5.41, 5.74) is -0.789. The van der Waals surface area contributed by atoms with Crippen LogP contribution in [0.25, 0.3) is 0 Å². The van der Waals surface area contributed by atoms with Crippen molar-refractivity contribution in [1.82, 2.24) is 9.46 Å². The van der Waals surface area contributed by atoms with Gasteiger partial charge in [-0.3, -0.25) is 10.1 Å². The largest absolute Gasteiger partial charge is 0.381 e. The lowest BCUT2D eigenvalue weighted by atomic mass is 9.92. The van der Waals surface area contributed by atoms with Gasteiger partial charge in [0.1, 0.15) is 5.54 Å². The Labute approximate surface area is 161 Å². The lowest BCUT2D eigenvalue weighted by Gasteiger charge is -2.37. The first kappa shape index (κ1) is 21.8. The summed E-state index contributed by atoms with van der Waals surface area (Å²) in [5.74, 6) is -0.0903. The molecular formula is C18H31N3O5S. The number of sulfonamides is 1. The fourth-order valence-electron chi connectivity index (χ4n) is 3.01. The highest BCUT2D eigenvalue weighted by Crippen LogP contribution is 2.27. The monoisotopic (exact) mass is 401 g/mol. The number of carbonyl (C=O) groups excluding carboxylic acids is 1. The number of carbonyl (C=O) groups is 1. The molecule has 154 valence electrons. The molecule has 0 bridgehead atoms. The van der Waals surface area contributed by atoms with E-state index in [1.165, 1.54) is 4.31 Å². The number of nitrogens with zero attached hydrogens (tertiary/aromatic N) is 2. The van der Waals surface area contributed by atoms with Gasteiger partial charge in [0, 0.05) is 31.2 Å². The van der Waals surface area contributed by atoms with Gasteiger partial charge < -0.3 is 9.26 Å². The Morgan fingerprint density at radius 3 is 2.33 bits per heavy atom. The third-order valence-electron chi connectivity index (χ3n) is 4.86. The zero-order valence-corrected chi connectivity index (χ0v) is 17.9. The topological polar surface area (TPSA) is 102 Å². The average molecular weight is 402 g/mol. The van der Waals surface area contributed by atoms with Crippen LogP contribution in [0.1, 0.15) is 53.2 Å². The van der Waals surface area contributed by atoms with Crippen LogP contribution in [0.4, 0.5) is 5.88 Å². The highest BCUT2D eigenvalue weighted by atomic mass is 32.2. The van der Waals surface area contributed by atoms with E-state index in [2.05, 4.69) is 10.5 Å². The number of rotatable bonds is 6. The molecule has 1 aliphatic heterocycles. The van der Waals surface area contributed by atoms with Gasteiger partial charge in [0.25, 0.3) is 0 Å². The highest BCUT2D eigenvalue weighted by molar-refractivity contribution is 7.88. The Morgan fingerprint density at radius 1 is 1.26 bits per heavy atom. The molecule has 0 spiro atoms. The molecule has 1 aliphatic rings. The predicted octanol–water partition coefficient (Wildman–Crippen LogP) is 2.38. The minimum atomic E-state index is -3.59. The Bertz CT molecular complexity index is 758. The third-order valence-corrected chi connectivity index (χ3v) is 6.27. The third kappa shape index (κ3) is 5.52. The molecule has 0 aromatic carbocycles. The summed E-state index contributed by atoms with van der Waals surface area (Å²) >= 11 is 0. The molecule has 1 saturated heterocycles. The number of hydrogen-bond donors (Lipinski definition) is 1. The second kappa shape index (κ2) is 7.89. The SMILES string of the molecule is CC(C)(C)c1cc(NC(=O)C(C)(C)N(CC2CCOCC2)S(C)(=O)=O)on1. The van der Waals surface area contributed by atoms with Crippen LogP contribution in [0.2, 0.25) is 0 Å². The lowest BCUT2D eigenvalue weighted by molar-refractivity contribution is -0.124. The number of ether oxygens (including phenoxy) is 1. The van der Waals surface area contributed by atoms with E-state index in [-0.39, 0.29) is 23.8 Å². The van der Waals surface area contributed by atoms with E-state index in [1.54, 1.807) is 19.9 Å². The molecule has 0 atom stereocenters. The number of aromatic nitrogens is 1. The van der Waals surface area contributed by atoms with Gasteiger partial charge in [-0.05, 0) is 32.6 Å². The van der Waals surface area contributed by atoms with Crippen LogP contribution >= 0.6 is 0 Å². The Hall–Kier alpha value is -1.45. The summed E-state index contributed by atoms with van der Waals surface area (Å²) in [6.45, 7) is 10.7. The maximum absolute atomic E-state index is 12.9. The summed E-state index contributed by atoms with van der Waals surface area (Å²) < 4.78 is 36.7. The molecule has 1 aromatic heterocycles. The molecule has 27 heavy (non-hydrogen) atoms. The van der Waals surface area contributed by atoms with Gasteiger partial charge in [-0.1, -0.05) is 25.9 Å². The van der Waals surface area contributed by atoms with E-state index in [0.717, 1.165) is 19.1 Å². The summed E-state index contributed by atoms with van der Waals surface area (Å²) in [6.07, 6.45) is 2.69. The smallest absolute Gasteiger partial charge is 0.247 e. The normalized spacial score (nSPS) is 17.3. The standard InChI is InChI=1S/C18H31N3O5S/c1-17(2,3)14-11-15(26-20-14)19-16(22)18(4,5)21(27(6,23)24)12-13-7-9-25-10-8-13/h11,13H,7-10,12H2,1-6H3,(H,19,22). The van der Waals surface area contributed by atoms with E-state index >= 15 is 0 Å². The molecule has 0 saturated carbocycles. The first-order chi connectivity index (χ1) is 12.3. The van der Waals surface area contributed by atoms with E-state index in [9.17, 15) is 13.2 Å². The molecule has 9 heteroatoms. The highest BCUT2D eigenvalue weighted by Gasteiger charge is 2.42. The van der Waals surface area contributed by atoms with Gasteiger partial charge in [0.15, 0.2) is 0 Å². The number of amides is 1. The van der Waals surface area contributed by atoms with Crippen molar-refractivity contribution in [3.8, 4) is 0 Å². The molecule has 1 amide bonds. The van der Waals surface area contributed by atoms with Gasteiger partial charge >= 0.3 is 0 Å². The van der Waals surface area contributed by atoms with E-state index < -0.39 is 21.5 Å². The summed E-state index contributed by atoms with van der Waals surface area (Å²) in [7, 11) is -3.59. The fourth-order valence-corrected chi connectivity index (χ4v) is 4.40. The second-order valence-corrected chi connectivity index (χ2v) is 10.6. The van der Waals surface area contributed by atoms with E-state index in [1.807, 2.05) is 20.8 Å². The lowest BCUT2D eigenvalue weighted by Crippen LogP contribution is -2.56. The van der Waals surface area contributed by atoms with Gasteiger partial charge in [-0.15, -0.1) is 0 Å². The minimum absolute atomic E-state index is 0.165. The fraction of sp³-hybridized carbons (Fsp3) is 0.778. The van der Waals surface area contributed by atoms with Crippen molar-refractivity contribution < 1.29 is 22.5 Å². The maximum Gasteiger partial charge on any atom is 0.247 e. The maximum atomic E-state index is 12.9. The molecule has 2 rings (SSSR count). The minimum Gasteiger partial charge on any atom is -0.381 e. The van der Waals surface area contributed by atoms with Crippen LogP contribution in [0.15, 0.2) is 10.6 Å². The van der Waals surface area contributed by atoms with Crippen LogP contribution < -0.4 is 5.32 Å². The van der Waals surface area contributed by atoms with Crippen LogP contribution in [-0.2, 0) is 25.0 Å². The molecule has 8 nitrogen and oxygen atoms in total. The van der Waals surface area contributed by atoms with Crippen LogP contribution in [0.5, 0.6) is 0 Å². The van der Waals surface area contributed by atoms with Gasteiger partial charge in [0.05, 0.1) is 11.9 Å². The van der Waals surface area contributed by atoms with Gasteiger partial charge in [-0.25, -0.2) is 8.42 Å². The van der Waals surface area contributed by atoms with Crippen molar-refractivity contribution in [3.05, 3.63) is 11.8 Å². The first-order valence-corrected chi connectivity index (χ1v) is 11.0. The van der Waals surface area contributed by atoms with E-state index in [0.29, 0.717) is 18.9 Å². The molecule has 1 aromatic rings. The van der Waals surface area contributed by atoms with Crippen LogP contribution in [-0.4, -0.2) is 55.3 Å². The predicted molar refractivity (Wildman–Crippen MR) is 103 cm³/mol. The molecule has 0 unspecified atom stereocenters. The van der Waals surface area contributed by atoms with E-state index in [4.69, 9.17) is 9.26 Å². The molecule has 1 fully saturated rings. The zero-order chi connectivity index (χ0) is 20.5. The average Bonchev–Trinajstić information content (AvgIpc) is 3.01. The molecular weight excluding hydrogens is 370 g/mol. The van der Waals surface area contributed by atoms with Crippen molar-refractivity contribution >= 4 is 21.8 Å². The van der Waals surface area contributed by atoms with Crippen molar-refractivity contribution in [3.63, 3.8) is 0 Å². The van der Waals surface area contributed by atoms with Crippen molar-refractivity contribution in [2.24, 2.45) is 5.92 Å². The van der Waals surface area contributed by atoms with Crippen LogP contribution in [0.3, 0.4) is 0 Å². The Kier molecular flexibility index (Phi) is 6.38. The van der Waals surface area contributed by atoms with Crippen LogP contribution in [0, 0.1) is 5.92 Å². The first-order valence-electron chi connectivity index (χ1n) is 9.16. The molecule has 1 N–H and O–H groups in total. The summed E-state index contributed by atoms with van der Waals surface area (Å²) in [6, 6.07) is 1.66. The van der Waals surface area contributed by atoms with Crippen molar-refractivity contribution in [2.75, 3.05) is 31.3 Å². The number of hydrogen-bond acceptors (Lipinski definition) is 6. The molecule has 2 heterocycles. The van der Waals surface area contributed by atoms with Gasteiger partial charge in [-0.2, -0.15) is 4.31 Å². The summed E-state index contributed by atoms with van der Waals surface area (Å²) in [4.78, 5) is 12.9. The molecule has 0 radical (unpaired) electrons. The molecule has 0 aliphatic carbocycles. The quantitative estimate of drug-likeness (QED) is 0.785. The number of anilines is 1.